The van der Waals surface area contributed by atoms with Crippen LogP contribution < -0.4 is 47.8 Å². The van der Waals surface area contributed by atoms with Gasteiger partial charge in [-0.2, -0.15) is 24.7 Å². The second-order valence-corrected chi connectivity index (χ2v) is 32.4. The minimum Gasteiger partial charge on any atom is -0.463 e. The molecule has 0 amide bonds. The SMILES string of the molecule is [2H]C([2H])(O[P@@](=O)(C[C@@H](C)C(=O)OC(C)C)Oc1ccccc1)[C@H]1O[C@@H](n2cc(F)c(N)nc2=O)C(O)(C#CC)[C@H]1O.[2H]C([2H])(O[P@@](=O)(C[C@@H](C)C(=O)OC(C)C)Oc1ccccc1)[C@H]1O[C@@H](n2cnc(N)nc2=O)C(O)(C#CC)[C@H]1O.[2H]C([2H])(O[P@@](=O)(C[C@@H](C)C(=O)OC(C)C)Oc1ccccc1)[C@H]1O[C@@H](n2ncc(N)nc2=O)C(O)(C#CC)[C@H]1O. The molecular formula is C73H93FN11O27P3. The van der Waals surface area contributed by atoms with Crippen LogP contribution in [-0.4, -0.2) is 197 Å². The number of rotatable bonds is 30. The summed E-state index contributed by atoms with van der Waals surface area (Å²) < 4.78 is 174. The predicted octanol–water partition coefficient (Wildman–Crippen LogP) is 4.07. The van der Waals surface area contributed by atoms with Crippen molar-refractivity contribution >= 4 is 58.3 Å². The summed E-state index contributed by atoms with van der Waals surface area (Å²) in [6.07, 6.45) is -19.4. The average molecular weight is 1670 g/mol. The number of ether oxygens (including phenoxy) is 6. The molecule has 3 unspecified atom stereocenters. The van der Waals surface area contributed by atoms with Crippen LogP contribution in [0, 0.1) is 59.1 Å². The summed E-state index contributed by atoms with van der Waals surface area (Å²) in [5, 5.41) is 70.6. The summed E-state index contributed by atoms with van der Waals surface area (Å²) in [4.78, 5) is 88.6. The molecule has 3 aromatic carbocycles. The molecule has 18 atom stereocenters. The number of carbonyl (C=O) groups excluding carboxylic acids is 3. The number of anilines is 3. The Bertz CT molecular complexity index is 4990. The van der Waals surface area contributed by atoms with E-state index in [4.69, 9.17) is 81.0 Å². The van der Waals surface area contributed by atoms with E-state index in [2.05, 4.69) is 60.6 Å². The van der Waals surface area contributed by atoms with E-state index < -0.39 is 216 Å². The van der Waals surface area contributed by atoms with E-state index in [1.54, 1.807) is 96.1 Å². The van der Waals surface area contributed by atoms with Crippen LogP contribution in [0.4, 0.5) is 22.0 Å². The van der Waals surface area contributed by atoms with E-state index in [0.717, 1.165) is 12.5 Å². The second-order valence-electron chi connectivity index (χ2n) is 26.5. The van der Waals surface area contributed by atoms with Crippen molar-refractivity contribution in [3.05, 3.63) is 147 Å². The summed E-state index contributed by atoms with van der Waals surface area (Å²) in [6.45, 7) is 8.40. The maximum absolute atomic E-state index is 14.2. The predicted molar refractivity (Wildman–Crippen MR) is 407 cm³/mol. The number of hydrogen-bond donors (Lipinski definition) is 9. The zero-order valence-electron chi connectivity index (χ0n) is 70.0. The van der Waals surface area contributed by atoms with E-state index in [1.165, 1.54) is 77.9 Å². The number of nitrogen functional groups attached to an aromatic ring is 3. The number of halogens is 1. The van der Waals surface area contributed by atoms with Crippen molar-refractivity contribution < 1.29 is 127 Å². The highest BCUT2D eigenvalue weighted by atomic mass is 31.2. The third-order valence-corrected chi connectivity index (χ3v) is 21.5. The number of nitrogens with zero attached hydrogens (tertiary/aromatic N) is 8. The second kappa shape index (κ2) is 40.2. The Kier molecular flexibility index (Phi) is 29.0. The smallest absolute Gasteiger partial charge is 0.380 e. The number of aliphatic hydroxyl groups is 6. The maximum Gasteiger partial charge on any atom is 0.380 e. The number of aromatic nitrogens is 8. The molecule has 38 nitrogen and oxygen atoms in total. The molecule has 0 spiro atoms. The molecule has 3 aliphatic heterocycles. The number of hydrogen-bond acceptors (Lipinski definition) is 35. The Morgan fingerprint density at radius 3 is 1.19 bits per heavy atom. The monoisotopic (exact) mass is 1670 g/mol. The molecule has 115 heavy (non-hydrogen) atoms. The molecule has 3 aliphatic rings. The van der Waals surface area contributed by atoms with E-state index >= 15 is 0 Å². The van der Waals surface area contributed by atoms with E-state index in [1.807, 2.05) is 0 Å². The highest BCUT2D eigenvalue weighted by Gasteiger charge is 2.60. The summed E-state index contributed by atoms with van der Waals surface area (Å²) in [7, 11) is -13.7. The molecule has 12 N–H and O–H groups in total. The lowest BCUT2D eigenvalue weighted by molar-refractivity contribution is -0.152. The zero-order valence-corrected chi connectivity index (χ0v) is 66.6. The lowest BCUT2D eigenvalue weighted by Crippen LogP contribution is -2.48. The van der Waals surface area contributed by atoms with E-state index in [9.17, 15) is 77.5 Å². The van der Waals surface area contributed by atoms with Crippen LogP contribution in [0.1, 0.15) is 110 Å². The Balaban J connectivity index is 0.000000250. The fourth-order valence-electron chi connectivity index (χ4n) is 10.7. The molecule has 0 saturated carbocycles. The molecule has 3 saturated heterocycles. The van der Waals surface area contributed by atoms with Crippen LogP contribution in [0.3, 0.4) is 0 Å². The molecule has 6 aromatic rings. The molecule has 3 aromatic heterocycles. The van der Waals surface area contributed by atoms with Gasteiger partial charge in [-0.15, -0.1) is 17.8 Å². The quantitative estimate of drug-likeness (QED) is 0.0133. The molecule has 9 rings (SSSR count). The molecule has 42 heteroatoms. The van der Waals surface area contributed by atoms with Gasteiger partial charge in [0.05, 0.1) is 94.8 Å². The van der Waals surface area contributed by atoms with Gasteiger partial charge in [-0.3, -0.25) is 37.1 Å². The Morgan fingerprint density at radius 1 is 0.530 bits per heavy atom. The third kappa shape index (κ3) is 24.2. The molecule has 0 aliphatic carbocycles. The first-order valence-electron chi connectivity index (χ1n) is 38.0. The van der Waals surface area contributed by atoms with Crippen molar-refractivity contribution in [2.75, 3.05) is 55.4 Å². The lowest BCUT2D eigenvalue weighted by Gasteiger charge is -2.26. The highest BCUT2D eigenvalue weighted by molar-refractivity contribution is 7.55. The number of nitrogens with two attached hydrogens (primary N) is 3. The van der Waals surface area contributed by atoms with Gasteiger partial charge in [-0.05, 0) is 98.7 Å². The van der Waals surface area contributed by atoms with Crippen molar-refractivity contribution in [3.63, 3.8) is 0 Å². The lowest BCUT2D eigenvalue weighted by atomic mass is 9.94. The number of aliphatic hydroxyl groups excluding tert-OH is 3. The topological polar surface area (TPSA) is 543 Å². The number of benzene rings is 3. The van der Waals surface area contributed by atoms with Crippen LogP contribution in [0.15, 0.2) is 124 Å². The molecule has 6 heterocycles. The van der Waals surface area contributed by atoms with Crippen molar-refractivity contribution in [2.24, 2.45) is 17.8 Å². The highest BCUT2D eigenvalue weighted by Crippen LogP contribution is 2.54. The largest absolute Gasteiger partial charge is 0.463 e. The fourth-order valence-corrected chi connectivity index (χ4v) is 15.8. The summed E-state index contributed by atoms with van der Waals surface area (Å²) in [5.41, 5.74) is 5.08. The van der Waals surface area contributed by atoms with Gasteiger partial charge in [0.2, 0.25) is 11.5 Å². The number of carbonyl (C=O) groups is 3. The van der Waals surface area contributed by atoms with Crippen LogP contribution in [0.25, 0.3) is 0 Å². The maximum atomic E-state index is 14.2. The van der Waals surface area contributed by atoms with Gasteiger partial charge in [0.15, 0.2) is 41.5 Å². The van der Waals surface area contributed by atoms with Gasteiger partial charge in [0.25, 0.3) is 0 Å². The fraction of sp³-hybridized carbons (Fsp3) is 0.493. The zero-order chi connectivity index (χ0) is 90.5. The van der Waals surface area contributed by atoms with Gasteiger partial charge < -0.3 is 89.8 Å². The van der Waals surface area contributed by atoms with Gasteiger partial charge in [-0.1, -0.05) is 93.1 Å². The average Bonchev–Trinajstić information content (AvgIpc) is 1.59. The minimum atomic E-state index is -4.61. The van der Waals surface area contributed by atoms with Gasteiger partial charge in [0.1, 0.15) is 66.0 Å². The molecule has 624 valence electrons. The first-order chi connectivity index (χ1) is 56.3. The third-order valence-electron chi connectivity index (χ3n) is 15.9. The first-order valence-corrected chi connectivity index (χ1v) is 40.1. The van der Waals surface area contributed by atoms with Crippen molar-refractivity contribution in [1.29, 1.82) is 0 Å². The minimum absolute atomic E-state index is 0.0187. The Morgan fingerprint density at radius 2 is 0.861 bits per heavy atom. The van der Waals surface area contributed by atoms with Crippen molar-refractivity contribution in [2.45, 2.75) is 174 Å². The summed E-state index contributed by atoms with van der Waals surface area (Å²) >= 11 is 0. The Labute approximate surface area is 668 Å². The summed E-state index contributed by atoms with van der Waals surface area (Å²) in [6, 6.07) is 23.0. The normalized spacial score (nSPS) is 26.2. The van der Waals surface area contributed by atoms with Crippen molar-refractivity contribution in [1.82, 2.24) is 38.9 Å². The standard InChI is InChI=1S/C25H31FN3O9P.2C24H31N4O9P/c1-5-11-25(33)20(30)19(37-23(25)29-12-18(26)21(27)28-24(29)32)13-35-39(34,38-17-9-7-6-8-10-17)14-16(4)22(31)36-15(2)3;1-5-11-24(32)20(29)18(36-22(24)28-23(31)27-19(25)12-26-28)13-34-38(33,37-17-9-7-6-8-10-17)14-16(4)21(30)35-15(2)3;1-5-11-24(32)19(29)18(36-21(24)28-14-26-22(25)27-23(28)31)12-34-38(33,37-17-9-7-6-8-10-17)13-16(4)20(30)35-15(2)3/h6-10,12,15-16,19-20,23,30,33H,13-14H2,1-4H3,(H2,27,28,32);6-10,12,15-16,18,20,22,29,32H,13-14H2,1-4H3,(H2,25,27,31);6-10,14-16,18-19,21,29,32H,12-13H2,1-4H3,(H2,25,27,31)/t16-,19-,20+,23-,25?,39+;16-,18-,20+,22-,24?,38+;16-,18-,19+,21-,24?,38+/m111/s1/i2*13D2;12D2. The van der Waals surface area contributed by atoms with Crippen molar-refractivity contribution in [3.8, 4) is 52.8 Å². The van der Waals surface area contributed by atoms with Gasteiger partial charge in [0, 0.05) is 0 Å². The number of esters is 3. The summed E-state index contributed by atoms with van der Waals surface area (Å²) in [5.74, 6) is 6.28. The Hall–Kier alpha value is -9.81. The van der Waals surface area contributed by atoms with Crippen LogP contribution in [-0.2, 0) is 70.1 Å². The van der Waals surface area contributed by atoms with Gasteiger partial charge in [-0.25, -0.2) is 37.5 Å². The first kappa shape index (κ1) is 83.1. The number of para-hydroxylation sites is 3. The van der Waals surface area contributed by atoms with Crippen LogP contribution in [0.2, 0.25) is 0 Å². The van der Waals surface area contributed by atoms with Crippen LogP contribution >= 0.6 is 22.8 Å². The van der Waals surface area contributed by atoms with Crippen LogP contribution in [0.5, 0.6) is 17.2 Å². The molecular weight excluding hydrogens is 1570 g/mol. The molecule has 0 radical (unpaired) electrons. The molecule has 0 bridgehead atoms. The van der Waals surface area contributed by atoms with E-state index in [0.29, 0.717) is 20.0 Å². The van der Waals surface area contributed by atoms with E-state index in [-0.39, 0.29) is 29.0 Å². The molecule has 3 fully saturated rings. The van der Waals surface area contributed by atoms with Gasteiger partial charge >= 0.3 is 57.8 Å².